The SMILES string of the molecule is COc1ccc(N2C(=O)/C(=C/c3cc(Br)ccc3OCc3ccccc3)SC2=S)cc1Cl. The summed E-state index contributed by atoms with van der Waals surface area (Å²) in [5.74, 6) is 0.996. The van der Waals surface area contributed by atoms with E-state index in [1.54, 1.807) is 31.4 Å². The van der Waals surface area contributed by atoms with Crippen LogP contribution in [0.15, 0.2) is 76.1 Å². The maximum Gasteiger partial charge on any atom is 0.270 e. The summed E-state index contributed by atoms with van der Waals surface area (Å²) in [6, 6.07) is 20.7. The molecule has 0 saturated carbocycles. The predicted molar refractivity (Wildman–Crippen MR) is 139 cm³/mol. The number of methoxy groups -OCH3 is 1. The molecule has 4 nitrogen and oxygen atoms in total. The first-order valence-electron chi connectivity index (χ1n) is 9.54. The lowest BCUT2D eigenvalue weighted by Gasteiger charge is -2.15. The van der Waals surface area contributed by atoms with Gasteiger partial charge in [0.2, 0.25) is 0 Å². The largest absolute Gasteiger partial charge is 0.495 e. The van der Waals surface area contributed by atoms with Crippen LogP contribution in [0.5, 0.6) is 11.5 Å². The van der Waals surface area contributed by atoms with Crippen molar-refractivity contribution in [3.8, 4) is 11.5 Å². The van der Waals surface area contributed by atoms with E-state index in [-0.39, 0.29) is 5.91 Å². The number of benzene rings is 3. The highest BCUT2D eigenvalue weighted by Gasteiger charge is 2.33. The fraction of sp³-hybridized carbons (Fsp3) is 0.0833. The number of hydrogen-bond donors (Lipinski definition) is 0. The van der Waals surface area contributed by atoms with Crippen LogP contribution in [-0.2, 0) is 11.4 Å². The number of amides is 1. The van der Waals surface area contributed by atoms with Gasteiger partial charge in [0.05, 0.1) is 22.7 Å². The third-order valence-electron chi connectivity index (χ3n) is 4.68. The Morgan fingerprint density at radius 3 is 2.56 bits per heavy atom. The fourth-order valence-electron chi connectivity index (χ4n) is 3.12. The van der Waals surface area contributed by atoms with Crippen LogP contribution < -0.4 is 14.4 Å². The van der Waals surface area contributed by atoms with Crippen molar-refractivity contribution < 1.29 is 14.3 Å². The van der Waals surface area contributed by atoms with Gasteiger partial charge < -0.3 is 9.47 Å². The van der Waals surface area contributed by atoms with Crippen molar-refractivity contribution in [2.24, 2.45) is 0 Å². The summed E-state index contributed by atoms with van der Waals surface area (Å²) in [6.07, 6.45) is 1.80. The molecule has 3 aromatic carbocycles. The van der Waals surface area contributed by atoms with Crippen molar-refractivity contribution in [2.75, 3.05) is 12.0 Å². The van der Waals surface area contributed by atoms with Gasteiger partial charge in [0.15, 0.2) is 4.32 Å². The van der Waals surface area contributed by atoms with Crippen LogP contribution in [0.25, 0.3) is 6.08 Å². The number of rotatable bonds is 6. The van der Waals surface area contributed by atoms with E-state index in [9.17, 15) is 4.79 Å². The van der Waals surface area contributed by atoms with Crippen molar-refractivity contribution in [2.45, 2.75) is 6.61 Å². The van der Waals surface area contributed by atoms with Gasteiger partial charge in [-0.15, -0.1) is 0 Å². The Kier molecular flexibility index (Phi) is 7.20. The van der Waals surface area contributed by atoms with Crippen LogP contribution in [-0.4, -0.2) is 17.3 Å². The molecule has 3 aromatic rings. The molecule has 8 heteroatoms. The first-order valence-corrected chi connectivity index (χ1v) is 11.9. The number of carbonyl (C=O) groups excluding carboxylic acids is 1. The minimum Gasteiger partial charge on any atom is -0.495 e. The van der Waals surface area contributed by atoms with Crippen LogP contribution in [0.3, 0.4) is 0 Å². The summed E-state index contributed by atoms with van der Waals surface area (Å²) < 4.78 is 12.5. The van der Waals surface area contributed by atoms with E-state index < -0.39 is 0 Å². The van der Waals surface area contributed by atoms with Gasteiger partial charge in [-0.25, -0.2) is 0 Å². The maximum absolute atomic E-state index is 13.2. The average molecular weight is 547 g/mol. The molecule has 1 fully saturated rings. The standard InChI is InChI=1S/C24H17BrClNO3S2/c1-29-21-10-8-18(13-19(21)26)27-23(28)22(32-24(27)31)12-16-11-17(25)7-9-20(16)30-14-15-5-3-2-4-6-15/h2-13H,14H2,1H3/b22-12-. The topological polar surface area (TPSA) is 38.8 Å². The molecule has 0 aliphatic carbocycles. The Labute approximate surface area is 209 Å². The average Bonchev–Trinajstić information content (AvgIpc) is 3.06. The third-order valence-corrected chi connectivity index (χ3v) is 6.77. The molecule has 162 valence electrons. The van der Waals surface area contributed by atoms with Crippen LogP contribution in [0.2, 0.25) is 5.02 Å². The molecule has 0 radical (unpaired) electrons. The highest BCUT2D eigenvalue weighted by atomic mass is 79.9. The molecule has 4 rings (SSSR count). The Balaban J connectivity index is 1.61. The number of carbonyl (C=O) groups is 1. The predicted octanol–water partition coefficient (Wildman–Crippen LogP) is 7.10. The quantitative estimate of drug-likeness (QED) is 0.244. The van der Waals surface area contributed by atoms with Gasteiger partial charge in [-0.3, -0.25) is 9.69 Å². The molecule has 1 saturated heterocycles. The molecular formula is C24H17BrClNO3S2. The number of anilines is 1. The molecule has 0 atom stereocenters. The van der Waals surface area contributed by atoms with Crippen molar-refractivity contribution in [3.05, 3.63) is 92.3 Å². The first kappa shape index (κ1) is 22.9. The van der Waals surface area contributed by atoms with Crippen LogP contribution >= 0.6 is 51.5 Å². The third kappa shape index (κ3) is 5.02. The second kappa shape index (κ2) is 10.1. The summed E-state index contributed by atoms with van der Waals surface area (Å²) in [6.45, 7) is 0.425. The van der Waals surface area contributed by atoms with Gasteiger partial charge in [-0.05, 0) is 48.0 Å². The second-order valence-corrected chi connectivity index (χ2v) is 9.79. The fourth-order valence-corrected chi connectivity index (χ4v) is 5.05. The van der Waals surface area contributed by atoms with Gasteiger partial charge in [-0.1, -0.05) is 81.8 Å². The lowest BCUT2D eigenvalue weighted by Crippen LogP contribution is -2.27. The number of nitrogens with zero attached hydrogens (tertiary/aromatic N) is 1. The molecular weight excluding hydrogens is 530 g/mol. The molecule has 0 aromatic heterocycles. The number of halogens is 2. The van der Waals surface area contributed by atoms with Crippen LogP contribution in [0, 0.1) is 0 Å². The second-order valence-electron chi connectivity index (χ2n) is 6.79. The van der Waals surface area contributed by atoms with E-state index in [0.29, 0.717) is 38.0 Å². The normalized spacial score (nSPS) is 14.8. The summed E-state index contributed by atoms with van der Waals surface area (Å²) in [5.41, 5.74) is 2.43. The number of ether oxygens (including phenoxy) is 2. The van der Waals surface area contributed by atoms with Gasteiger partial charge in [0, 0.05) is 10.0 Å². The number of hydrogen-bond acceptors (Lipinski definition) is 5. The minimum atomic E-state index is -0.213. The highest BCUT2D eigenvalue weighted by molar-refractivity contribution is 9.10. The molecule has 1 amide bonds. The minimum absolute atomic E-state index is 0.213. The van der Waals surface area contributed by atoms with Crippen LogP contribution in [0.1, 0.15) is 11.1 Å². The van der Waals surface area contributed by atoms with E-state index >= 15 is 0 Å². The van der Waals surface area contributed by atoms with Crippen LogP contribution in [0.4, 0.5) is 5.69 Å². The zero-order valence-corrected chi connectivity index (χ0v) is 20.9. The summed E-state index contributed by atoms with van der Waals surface area (Å²) >= 11 is 16.5. The van der Waals surface area contributed by atoms with Crippen molar-refractivity contribution in [1.29, 1.82) is 0 Å². The maximum atomic E-state index is 13.2. The van der Waals surface area contributed by atoms with E-state index in [1.165, 1.54) is 16.7 Å². The molecule has 1 aliphatic rings. The Morgan fingerprint density at radius 1 is 1.09 bits per heavy atom. The van der Waals surface area contributed by atoms with Gasteiger partial charge in [0.25, 0.3) is 5.91 Å². The Bertz CT molecular complexity index is 1220. The number of thiocarbonyl (C=S) groups is 1. The smallest absolute Gasteiger partial charge is 0.270 e. The van der Waals surface area contributed by atoms with E-state index in [2.05, 4.69) is 15.9 Å². The number of thioether (sulfide) groups is 1. The van der Waals surface area contributed by atoms with E-state index in [4.69, 9.17) is 33.3 Å². The molecule has 32 heavy (non-hydrogen) atoms. The molecule has 1 heterocycles. The zero-order chi connectivity index (χ0) is 22.7. The van der Waals surface area contributed by atoms with E-state index in [1.807, 2.05) is 48.5 Å². The van der Waals surface area contributed by atoms with Crippen molar-refractivity contribution in [1.82, 2.24) is 0 Å². The molecule has 1 aliphatic heterocycles. The van der Waals surface area contributed by atoms with E-state index in [0.717, 1.165) is 15.6 Å². The monoisotopic (exact) mass is 545 g/mol. The lowest BCUT2D eigenvalue weighted by atomic mass is 10.1. The van der Waals surface area contributed by atoms with Gasteiger partial charge >= 0.3 is 0 Å². The van der Waals surface area contributed by atoms with Crippen molar-refractivity contribution >= 4 is 73.5 Å². The first-order chi connectivity index (χ1) is 15.5. The zero-order valence-electron chi connectivity index (χ0n) is 16.9. The summed E-state index contributed by atoms with van der Waals surface area (Å²) in [5, 5.41) is 0.409. The highest BCUT2D eigenvalue weighted by Crippen LogP contribution is 2.39. The Morgan fingerprint density at radius 2 is 1.84 bits per heavy atom. The van der Waals surface area contributed by atoms with Gasteiger partial charge in [-0.2, -0.15) is 0 Å². The lowest BCUT2D eigenvalue weighted by molar-refractivity contribution is -0.113. The molecule has 0 N–H and O–H groups in total. The van der Waals surface area contributed by atoms with Crippen molar-refractivity contribution in [3.63, 3.8) is 0 Å². The molecule has 0 bridgehead atoms. The summed E-state index contributed by atoms with van der Waals surface area (Å²) in [4.78, 5) is 15.2. The summed E-state index contributed by atoms with van der Waals surface area (Å²) in [7, 11) is 1.54. The molecule has 0 unspecified atom stereocenters. The van der Waals surface area contributed by atoms with Gasteiger partial charge in [0.1, 0.15) is 18.1 Å². The molecule has 0 spiro atoms. The Hall–Kier alpha value is -2.32.